The molecule has 6 nitrogen and oxygen atoms in total. The third-order valence-electron chi connectivity index (χ3n) is 14.4. The van der Waals surface area contributed by atoms with Crippen LogP contribution in [-0.4, -0.2) is 37.2 Å². The van der Waals surface area contributed by atoms with Gasteiger partial charge in [-0.1, -0.05) is 323 Å². The lowest BCUT2D eigenvalue weighted by Crippen LogP contribution is -2.30. The average molecular weight is 962 g/mol. The van der Waals surface area contributed by atoms with E-state index >= 15 is 0 Å². The first kappa shape index (κ1) is 66.4. The van der Waals surface area contributed by atoms with Crippen LogP contribution in [0.5, 0.6) is 0 Å². The van der Waals surface area contributed by atoms with Crippen LogP contribution in [0.25, 0.3) is 0 Å². The minimum absolute atomic E-state index is 0.0614. The lowest BCUT2D eigenvalue weighted by Gasteiger charge is -2.18. The molecule has 0 saturated carbocycles. The van der Waals surface area contributed by atoms with E-state index in [1.165, 1.54) is 263 Å². The number of hydrogen-bond donors (Lipinski definition) is 0. The van der Waals surface area contributed by atoms with Crippen molar-refractivity contribution >= 4 is 17.9 Å². The van der Waals surface area contributed by atoms with E-state index in [-0.39, 0.29) is 31.1 Å². The van der Waals surface area contributed by atoms with Crippen molar-refractivity contribution in [3.8, 4) is 0 Å². The smallest absolute Gasteiger partial charge is 0.306 e. The number of unbranched alkanes of at least 4 members (excludes halogenated alkanes) is 47. The van der Waals surface area contributed by atoms with Gasteiger partial charge in [0.05, 0.1) is 0 Å². The summed E-state index contributed by atoms with van der Waals surface area (Å²) in [6, 6.07) is 0. The highest BCUT2D eigenvalue weighted by atomic mass is 16.6. The Morgan fingerprint density at radius 2 is 0.397 bits per heavy atom. The molecule has 0 aliphatic heterocycles. The fraction of sp³-hybridized carbons (Fsp3) is 0.952. The highest BCUT2D eigenvalue weighted by Crippen LogP contribution is 2.18. The zero-order valence-electron chi connectivity index (χ0n) is 46.4. The van der Waals surface area contributed by atoms with Gasteiger partial charge >= 0.3 is 17.9 Å². The molecule has 0 rings (SSSR count). The molecule has 0 saturated heterocycles. The molecule has 6 heteroatoms. The van der Waals surface area contributed by atoms with Crippen LogP contribution in [0.1, 0.15) is 361 Å². The highest BCUT2D eigenvalue weighted by Gasteiger charge is 2.19. The van der Waals surface area contributed by atoms with Gasteiger partial charge in [-0.2, -0.15) is 0 Å². The SMILES string of the molecule is CCCCCCCCCCCCCCCCCCCCCCCCCCCCCC(=O)OCC(COC(=O)CCCCCCCCCCC)OC(=O)CCCCCCCCCCCCCCCC. The van der Waals surface area contributed by atoms with Crippen LogP contribution >= 0.6 is 0 Å². The second kappa shape index (κ2) is 58.0. The number of rotatable bonds is 58. The topological polar surface area (TPSA) is 78.9 Å². The molecule has 0 spiro atoms. The summed E-state index contributed by atoms with van der Waals surface area (Å²) in [7, 11) is 0. The summed E-state index contributed by atoms with van der Waals surface area (Å²) >= 11 is 0. The second-order valence-electron chi connectivity index (χ2n) is 21.3. The molecule has 0 N–H and O–H groups in total. The van der Waals surface area contributed by atoms with Gasteiger partial charge in [-0.15, -0.1) is 0 Å². The fourth-order valence-corrected chi connectivity index (χ4v) is 9.68. The van der Waals surface area contributed by atoms with E-state index in [2.05, 4.69) is 20.8 Å². The third-order valence-corrected chi connectivity index (χ3v) is 14.4. The van der Waals surface area contributed by atoms with Crippen LogP contribution in [0.3, 0.4) is 0 Å². The van der Waals surface area contributed by atoms with Gasteiger partial charge in [0.2, 0.25) is 0 Å². The van der Waals surface area contributed by atoms with Gasteiger partial charge in [-0.05, 0) is 19.3 Å². The summed E-state index contributed by atoms with van der Waals surface area (Å²) in [6.45, 7) is 6.69. The van der Waals surface area contributed by atoms with E-state index in [1.807, 2.05) is 0 Å². The fourth-order valence-electron chi connectivity index (χ4n) is 9.68. The standard InChI is InChI=1S/C62H120O6/c1-4-7-10-13-16-19-21-23-25-26-27-28-29-30-31-32-33-34-35-36-37-39-40-43-46-49-52-55-61(64)67-58-59(57-66-60(63)54-51-48-45-42-18-15-12-9-6-3)68-62(65)56-53-50-47-44-41-38-24-22-20-17-14-11-8-5-2/h59H,4-58H2,1-3H3. The maximum absolute atomic E-state index is 12.8. The van der Waals surface area contributed by atoms with E-state index in [9.17, 15) is 14.4 Å². The van der Waals surface area contributed by atoms with Crippen molar-refractivity contribution in [2.24, 2.45) is 0 Å². The Bertz CT molecular complexity index is 1010. The van der Waals surface area contributed by atoms with Crippen LogP contribution in [0.15, 0.2) is 0 Å². The molecule has 0 heterocycles. The van der Waals surface area contributed by atoms with Crippen molar-refractivity contribution in [3.63, 3.8) is 0 Å². The molecule has 404 valence electrons. The van der Waals surface area contributed by atoms with E-state index in [4.69, 9.17) is 14.2 Å². The first-order valence-corrected chi connectivity index (χ1v) is 31.0. The Hall–Kier alpha value is -1.59. The Labute approximate surface area is 425 Å². The lowest BCUT2D eigenvalue weighted by molar-refractivity contribution is -0.167. The molecule has 0 bridgehead atoms. The zero-order chi connectivity index (χ0) is 49.3. The summed E-state index contributed by atoms with van der Waals surface area (Å²) in [6.07, 6.45) is 65.6. The van der Waals surface area contributed by atoms with E-state index in [0.29, 0.717) is 19.3 Å². The summed E-state index contributed by atoms with van der Waals surface area (Å²) in [5.74, 6) is -0.836. The molecule has 68 heavy (non-hydrogen) atoms. The molecule has 0 amide bonds. The van der Waals surface area contributed by atoms with Gasteiger partial charge in [0.25, 0.3) is 0 Å². The Morgan fingerprint density at radius 1 is 0.235 bits per heavy atom. The van der Waals surface area contributed by atoms with Crippen LogP contribution in [0, 0.1) is 0 Å². The number of ether oxygens (including phenoxy) is 3. The molecule has 0 aliphatic rings. The zero-order valence-corrected chi connectivity index (χ0v) is 46.4. The first-order valence-electron chi connectivity index (χ1n) is 31.0. The van der Waals surface area contributed by atoms with Gasteiger partial charge < -0.3 is 14.2 Å². The second-order valence-corrected chi connectivity index (χ2v) is 21.3. The third kappa shape index (κ3) is 55.3. The van der Waals surface area contributed by atoms with Crippen molar-refractivity contribution in [1.29, 1.82) is 0 Å². The maximum Gasteiger partial charge on any atom is 0.306 e. The van der Waals surface area contributed by atoms with Crippen LogP contribution in [0.4, 0.5) is 0 Å². The number of hydrogen-bond acceptors (Lipinski definition) is 6. The monoisotopic (exact) mass is 961 g/mol. The van der Waals surface area contributed by atoms with Crippen molar-refractivity contribution in [3.05, 3.63) is 0 Å². The molecule has 1 atom stereocenters. The summed E-state index contributed by atoms with van der Waals surface area (Å²) in [5.41, 5.74) is 0. The summed E-state index contributed by atoms with van der Waals surface area (Å²) in [5, 5.41) is 0. The predicted octanol–water partition coefficient (Wildman–Crippen LogP) is 20.7. The number of esters is 3. The van der Waals surface area contributed by atoms with Gasteiger partial charge in [0.1, 0.15) is 13.2 Å². The first-order chi connectivity index (χ1) is 33.5. The number of carbonyl (C=O) groups excluding carboxylic acids is 3. The molecule has 0 aromatic heterocycles. The highest BCUT2D eigenvalue weighted by molar-refractivity contribution is 5.71. The van der Waals surface area contributed by atoms with Crippen molar-refractivity contribution < 1.29 is 28.6 Å². The van der Waals surface area contributed by atoms with Gasteiger partial charge in [0.15, 0.2) is 6.10 Å². The van der Waals surface area contributed by atoms with Crippen molar-refractivity contribution in [2.75, 3.05) is 13.2 Å². The van der Waals surface area contributed by atoms with Crippen LogP contribution < -0.4 is 0 Å². The van der Waals surface area contributed by atoms with Gasteiger partial charge in [-0.25, -0.2) is 0 Å². The maximum atomic E-state index is 12.8. The molecular weight excluding hydrogens is 841 g/mol. The summed E-state index contributed by atoms with van der Waals surface area (Å²) < 4.78 is 16.9. The van der Waals surface area contributed by atoms with Gasteiger partial charge in [-0.3, -0.25) is 14.4 Å². The molecule has 0 aliphatic carbocycles. The average Bonchev–Trinajstić information content (AvgIpc) is 3.34. The Morgan fingerprint density at radius 3 is 0.588 bits per heavy atom. The molecule has 1 unspecified atom stereocenters. The van der Waals surface area contributed by atoms with E-state index in [1.54, 1.807) is 0 Å². The van der Waals surface area contributed by atoms with Crippen LogP contribution in [0.2, 0.25) is 0 Å². The molecule has 0 aromatic rings. The predicted molar refractivity (Wildman–Crippen MR) is 294 cm³/mol. The minimum Gasteiger partial charge on any atom is -0.462 e. The van der Waals surface area contributed by atoms with Crippen molar-refractivity contribution in [2.45, 2.75) is 367 Å². The molecular formula is C62H120O6. The summed E-state index contributed by atoms with van der Waals surface area (Å²) in [4.78, 5) is 38.0. The normalized spacial score (nSPS) is 11.9. The van der Waals surface area contributed by atoms with Crippen molar-refractivity contribution in [1.82, 2.24) is 0 Å². The quantitative estimate of drug-likeness (QED) is 0.0343. The number of carbonyl (C=O) groups is 3. The molecule has 0 aromatic carbocycles. The lowest BCUT2D eigenvalue weighted by atomic mass is 10.0. The molecule has 0 fully saturated rings. The van der Waals surface area contributed by atoms with E-state index in [0.717, 1.165) is 57.8 Å². The van der Waals surface area contributed by atoms with E-state index < -0.39 is 6.10 Å². The Balaban J connectivity index is 4.05. The van der Waals surface area contributed by atoms with Gasteiger partial charge in [0, 0.05) is 19.3 Å². The Kier molecular flexibility index (Phi) is 56.6. The largest absolute Gasteiger partial charge is 0.462 e. The minimum atomic E-state index is -0.760. The molecule has 0 radical (unpaired) electrons. The van der Waals surface area contributed by atoms with Crippen LogP contribution in [-0.2, 0) is 28.6 Å².